The summed E-state index contributed by atoms with van der Waals surface area (Å²) in [6.45, 7) is 1.66. The first-order valence-corrected chi connectivity index (χ1v) is 8.76. The van der Waals surface area contributed by atoms with Gasteiger partial charge in [0.05, 0.1) is 5.69 Å². The van der Waals surface area contributed by atoms with E-state index in [-0.39, 0.29) is 5.69 Å². The van der Waals surface area contributed by atoms with E-state index in [4.69, 9.17) is 11.8 Å². The third-order valence-corrected chi connectivity index (χ3v) is 5.37. The minimum Gasteiger partial charge on any atom is -0.371 e. The van der Waals surface area contributed by atoms with Gasteiger partial charge in [0.25, 0.3) is 0 Å². The van der Waals surface area contributed by atoms with Crippen LogP contribution in [-0.4, -0.2) is 34.2 Å². The number of hydrogen-bond donors (Lipinski definition) is 1. The first-order chi connectivity index (χ1) is 10.6. The van der Waals surface area contributed by atoms with E-state index in [1.807, 2.05) is 6.07 Å². The van der Waals surface area contributed by atoms with Gasteiger partial charge in [-0.05, 0) is 37.5 Å². The van der Waals surface area contributed by atoms with Crippen LogP contribution in [0.5, 0.6) is 0 Å². The molecule has 1 saturated heterocycles. The van der Waals surface area contributed by atoms with E-state index in [9.17, 15) is 21.6 Å². The van der Waals surface area contributed by atoms with Crippen molar-refractivity contribution in [2.75, 3.05) is 28.4 Å². The average Bonchev–Trinajstić information content (AvgIpc) is 2.98. The fraction of sp³-hybridized carbons (Fsp3) is 0.538. The summed E-state index contributed by atoms with van der Waals surface area (Å²) in [4.78, 5) is 2.07. The molecule has 1 N–H and O–H groups in total. The Labute approximate surface area is 138 Å². The minimum atomic E-state index is -4.66. The van der Waals surface area contributed by atoms with E-state index in [2.05, 4.69) is 4.90 Å². The molecule has 0 radical (unpaired) electrons. The topological polar surface area (TPSA) is 52.7 Å². The lowest BCUT2D eigenvalue weighted by Gasteiger charge is -2.23. The van der Waals surface area contributed by atoms with Crippen LogP contribution in [0, 0.1) is 6.92 Å². The van der Waals surface area contributed by atoms with E-state index >= 15 is 0 Å². The molecular weight excluding hydrogens is 355 g/mol. The summed E-state index contributed by atoms with van der Waals surface area (Å²) >= 11 is 5.81. The molecule has 0 unspecified atom stereocenters. The van der Waals surface area contributed by atoms with Gasteiger partial charge in [0.2, 0.25) is 0 Å². The van der Waals surface area contributed by atoms with Gasteiger partial charge in [-0.1, -0.05) is 6.07 Å². The third kappa shape index (κ3) is 4.65. The summed E-state index contributed by atoms with van der Waals surface area (Å²) in [6, 6.07) is 5.10. The molecule has 0 atom stereocenters. The van der Waals surface area contributed by atoms with Gasteiger partial charge in [-0.15, -0.1) is 0 Å². The number of benzene rings is 1. The van der Waals surface area contributed by atoms with Crippen LogP contribution in [0.2, 0.25) is 0 Å². The molecule has 0 aliphatic carbocycles. The number of rotatable bonds is 5. The van der Waals surface area contributed by atoms with Gasteiger partial charge in [0.1, 0.15) is 6.54 Å². The molecule has 5 nitrogen and oxygen atoms in total. The van der Waals surface area contributed by atoms with Crippen molar-refractivity contribution in [2.45, 2.75) is 25.9 Å². The van der Waals surface area contributed by atoms with Crippen LogP contribution in [0.25, 0.3) is 0 Å². The molecule has 1 aromatic carbocycles. The average molecular weight is 372 g/mol. The van der Waals surface area contributed by atoms with Crippen molar-refractivity contribution >= 4 is 33.4 Å². The van der Waals surface area contributed by atoms with Crippen LogP contribution in [0.3, 0.4) is 0 Å². The normalized spacial score (nSPS) is 16.0. The van der Waals surface area contributed by atoms with E-state index in [1.165, 1.54) is 4.72 Å². The molecule has 2 rings (SSSR count). The van der Waals surface area contributed by atoms with Crippen molar-refractivity contribution in [3.8, 4) is 0 Å². The summed E-state index contributed by atoms with van der Waals surface area (Å²) in [6.07, 6.45) is -2.57. The maximum absolute atomic E-state index is 12.2. The van der Waals surface area contributed by atoms with Gasteiger partial charge in [-0.25, -0.2) is 0 Å². The molecule has 0 saturated carbocycles. The Morgan fingerprint density at radius 2 is 1.91 bits per heavy atom. The second-order valence-corrected chi connectivity index (χ2v) is 7.46. The molecule has 1 heterocycles. The van der Waals surface area contributed by atoms with Crippen LogP contribution in [0.4, 0.5) is 24.5 Å². The smallest absolute Gasteiger partial charge is 0.371 e. The van der Waals surface area contributed by atoms with E-state index in [0.717, 1.165) is 31.6 Å². The molecule has 1 aromatic rings. The highest BCUT2D eigenvalue weighted by atomic mass is 35.5. The Hall–Kier alpha value is -1.19. The maximum Gasteiger partial charge on any atom is 0.402 e. The summed E-state index contributed by atoms with van der Waals surface area (Å²) in [5.74, 6) is 0. The van der Waals surface area contributed by atoms with Gasteiger partial charge in [0, 0.05) is 30.6 Å². The minimum absolute atomic E-state index is 0.130. The molecule has 10 heteroatoms. The number of aryl methyl sites for hydroxylation is 1. The molecule has 0 bridgehead atoms. The quantitative estimate of drug-likeness (QED) is 0.810. The molecule has 1 aliphatic heterocycles. The molecule has 0 amide bonds. The second kappa shape index (κ2) is 6.74. The van der Waals surface area contributed by atoms with E-state index in [1.54, 1.807) is 19.1 Å². The summed E-state index contributed by atoms with van der Waals surface area (Å²) in [5, 5.41) is 0. The summed E-state index contributed by atoms with van der Waals surface area (Å²) in [5.41, 5.74) is 1.46. The Balaban J connectivity index is 2.23. The maximum atomic E-state index is 12.2. The fourth-order valence-electron chi connectivity index (χ4n) is 2.32. The van der Waals surface area contributed by atoms with Gasteiger partial charge < -0.3 is 4.90 Å². The molecule has 1 aliphatic rings. The molecule has 1 fully saturated rings. The van der Waals surface area contributed by atoms with Crippen molar-refractivity contribution in [2.24, 2.45) is 0 Å². The van der Waals surface area contributed by atoms with Gasteiger partial charge in [0.15, 0.2) is 0 Å². The van der Waals surface area contributed by atoms with Crippen molar-refractivity contribution < 1.29 is 21.6 Å². The summed E-state index contributed by atoms with van der Waals surface area (Å²) in [7, 11) is -4.50. The standard InChI is InChI=1S/C13H17ClF3N3O2S/c1-10-4-5-11(19-6-2-3-7-19)8-12(10)20(14)23(21,22)18-9-13(15,16)17/h4-5,8,18H,2-3,6-7,9H2,1H3. The predicted octanol–water partition coefficient (Wildman–Crippen LogP) is 2.95. The van der Waals surface area contributed by atoms with E-state index < -0.39 is 22.9 Å². The molecular formula is C13H17ClF3N3O2S. The molecule has 130 valence electrons. The largest absolute Gasteiger partial charge is 0.402 e. The van der Waals surface area contributed by atoms with Crippen LogP contribution < -0.4 is 13.4 Å². The van der Waals surface area contributed by atoms with Gasteiger partial charge in [-0.3, -0.25) is 0 Å². The lowest BCUT2D eigenvalue weighted by Crippen LogP contribution is -2.40. The van der Waals surface area contributed by atoms with Crippen LogP contribution >= 0.6 is 11.8 Å². The molecule has 0 aromatic heterocycles. The molecule has 0 spiro atoms. The van der Waals surface area contributed by atoms with Crippen molar-refractivity contribution in [3.63, 3.8) is 0 Å². The third-order valence-electron chi connectivity index (χ3n) is 3.52. The van der Waals surface area contributed by atoms with Crippen molar-refractivity contribution in [1.29, 1.82) is 0 Å². The van der Waals surface area contributed by atoms with Gasteiger partial charge >= 0.3 is 16.4 Å². The first kappa shape index (κ1) is 18.2. The monoisotopic (exact) mass is 371 g/mol. The zero-order valence-corrected chi connectivity index (χ0v) is 14.0. The Morgan fingerprint density at radius 3 is 2.48 bits per heavy atom. The zero-order chi connectivity index (χ0) is 17.3. The summed E-state index contributed by atoms with van der Waals surface area (Å²) < 4.78 is 62.2. The van der Waals surface area contributed by atoms with Crippen LogP contribution in [0.15, 0.2) is 18.2 Å². The van der Waals surface area contributed by atoms with Crippen LogP contribution in [0.1, 0.15) is 18.4 Å². The van der Waals surface area contributed by atoms with Gasteiger partial charge in [-0.2, -0.15) is 30.1 Å². The Morgan fingerprint density at radius 1 is 1.30 bits per heavy atom. The number of nitrogens with one attached hydrogen (secondary N) is 1. The SMILES string of the molecule is Cc1ccc(N2CCCC2)cc1N(Cl)S(=O)(=O)NCC(F)(F)F. The van der Waals surface area contributed by atoms with Crippen LogP contribution in [-0.2, 0) is 10.2 Å². The number of halogens is 4. The predicted molar refractivity (Wildman–Crippen MR) is 83.9 cm³/mol. The Bertz CT molecular complexity index is 661. The number of nitrogens with zero attached hydrogens (tertiary/aromatic N) is 2. The fourth-order valence-corrected chi connectivity index (χ4v) is 3.56. The first-order valence-electron chi connectivity index (χ1n) is 6.98. The lowest BCUT2D eigenvalue weighted by atomic mass is 10.2. The highest BCUT2D eigenvalue weighted by Gasteiger charge is 2.32. The second-order valence-electron chi connectivity index (χ2n) is 5.32. The highest BCUT2D eigenvalue weighted by Crippen LogP contribution is 2.31. The Kier molecular flexibility index (Phi) is 5.32. The molecule has 23 heavy (non-hydrogen) atoms. The van der Waals surface area contributed by atoms with E-state index in [0.29, 0.717) is 9.39 Å². The van der Waals surface area contributed by atoms with Crippen molar-refractivity contribution in [3.05, 3.63) is 23.8 Å². The number of anilines is 2. The lowest BCUT2D eigenvalue weighted by molar-refractivity contribution is -0.121. The number of alkyl halides is 3. The highest BCUT2D eigenvalue weighted by molar-refractivity contribution is 7.92. The number of hydrogen-bond acceptors (Lipinski definition) is 3. The zero-order valence-electron chi connectivity index (χ0n) is 12.4. The van der Waals surface area contributed by atoms with Crippen molar-refractivity contribution in [1.82, 2.24) is 4.72 Å².